The zero-order valence-electron chi connectivity index (χ0n) is 23.3. The van der Waals surface area contributed by atoms with Crippen LogP contribution in [0.25, 0.3) is 5.69 Å². The molecule has 0 bridgehead atoms. The number of hydrogen-bond acceptors (Lipinski definition) is 6. The Hall–Kier alpha value is -3.63. The summed E-state index contributed by atoms with van der Waals surface area (Å²) < 4.78 is 8.79. The Morgan fingerprint density at radius 3 is 2.54 bits per heavy atom. The highest BCUT2D eigenvalue weighted by Crippen LogP contribution is 2.26. The summed E-state index contributed by atoms with van der Waals surface area (Å²) >= 11 is 6.03. The molecular weight excluding hydrogens is 520 g/mol. The van der Waals surface area contributed by atoms with E-state index in [4.69, 9.17) is 16.3 Å². The molecule has 1 atom stereocenters. The van der Waals surface area contributed by atoms with Gasteiger partial charge >= 0.3 is 0 Å². The normalized spacial score (nSPS) is 12.2. The van der Waals surface area contributed by atoms with E-state index < -0.39 is 11.3 Å². The maximum absolute atomic E-state index is 13.5. The number of nitrogens with zero attached hydrogens (tertiary/aromatic N) is 3. The van der Waals surface area contributed by atoms with E-state index >= 15 is 0 Å². The highest BCUT2D eigenvalue weighted by Gasteiger charge is 2.28. The van der Waals surface area contributed by atoms with Gasteiger partial charge in [0.15, 0.2) is 0 Å². The number of hydrogen-bond donors (Lipinski definition) is 3. The molecule has 3 rings (SSSR count). The lowest BCUT2D eigenvalue weighted by molar-refractivity contribution is -0.118. The predicted molar refractivity (Wildman–Crippen MR) is 153 cm³/mol. The molecule has 1 unspecified atom stereocenters. The van der Waals surface area contributed by atoms with Crippen molar-refractivity contribution in [2.75, 3.05) is 32.1 Å². The fourth-order valence-corrected chi connectivity index (χ4v) is 4.66. The Balaban J connectivity index is 1.78. The van der Waals surface area contributed by atoms with Gasteiger partial charge in [-0.05, 0) is 37.6 Å². The minimum atomic E-state index is -0.624. The van der Waals surface area contributed by atoms with E-state index in [-0.39, 0.29) is 47.5 Å². The van der Waals surface area contributed by atoms with Gasteiger partial charge in [0.05, 0.1) is 23.0 Å². The van der Waals surface area contributed by atoms with Crippen LogP contribution in [0.4, 0.5) is 5.69 Å². The minimum absolute atomic E-state index is 0.0499. The summed E-state index contributed by atoms with van der Waals surface area (Å²) in [5.41, 5.74) is 0.960. The van der Waals surface area contributed by atoms with Gasteiger partial charge in [-0.15, -0.1) is 0 Å². The first-order valence-electron chi connectivity index (χ1n) is 12.9. The number of rotatable bonds is 12. The maximum Gasteiger partial charge on any atom is 0.295 e. The second-order valence-corrected chi connectivity index (χ2v) is 10.6. The third kappa shape index (κ3) is 7.27. The van der Waals surface area contributed by atoms with Crippen molar-refractivity contribution in [1.82, 2.24) is 25.0 Å². The fourth-order valence-electron chi connectivity index (χ4n) is 4.50. The number of aromatic nitrogens is 3. The van der Waals surface area contributed by atoms with Crippen molar-refractivity contribution in [2.45, 2.75) is 40.0 Å². The SMILES string of the molecule is CCOc1ncc(Cl)cc1C(=O)NCC(C)(C)CC(=O)Nc1c(C(C)CNC)n(C)n(-c2ccccc2)c1=O. The lowest BCUT2D eigenvalue weighted by atomic mass is 9.88. The average Bonchev–Trinajstić information content (AvgIpc) is 3.12. The molecule has 0 fully saturated rings. The van der Waals surface area contributed by atoms with Crippen molar-refractivity contribution < 1.29 is 14.3 Å². The Morgan fingerprint density at radius 2 is 1.90 bits per heavy atom. The fraction of sp³-hybridized carbons (Fsp3) is 0.429. The van der Waals surface area contributed by atoms with Gasteiger partial charge in [-0.25, -0.2) is 9.67 Å². The van der Waals surface area contributed by atoms with Gasteiger partial charge in [-0.2, -0.15) is 0 Å². The molecule has 11 heteroatoms. The van der Waals surface area contributed by atoms with E-state index in [1.54, 1.807) is 16.3 Å². The summed E-state index contributed by atoms with van der Waals surface area (Å²) in [4.78, 5) is 43.7. The van der Waals surface area contributed by atoms with Gasteiger partial charge < -0.3 is 20.7 Å². The highest BCUT2D eigenvalue weighted by atomic mass is 35.5. The number of para-hydroxylation sites is 1. The number of halogens is 1. The van der Waals surface area contributed by atoms with E-state index in [0.29, 0.717) is 23.9 Å². The molecule has 10 nitrogen and oxygen atoms in total. The van der Waals surface area contributed by atoms with Crippen LogP contribution in [-0.4, -0.2) is 52.9 Å². The van der Waals surface area contributed by atoms with Crippen LogP contribution in [-0.2, 0) is 11.8 Å². The summed E-state index contributed by atoms with van der Waals surface area (Å²) in [5.74, 6) is -0.587. The molecule has 2 aromatic heterocycles. The summed E-state index contributed by atoms with van der Waals surface area (Å²) in [6.07, 6.45) is 1.48. The first-order chi connectivity index (χ1) is 18.5. The van der Waals surface area contributed by atoms with E-state index in [2.05, 4.69) is 20.9 Å². The number of ether oxygens (including phenoxy) is 1. The zero-order chi connectivity index (χ0) is 28.7. The van der Waals surface area contributed by atoms with Crippen molar-refractivity contribution in [3.63, 3.8) is 0 Å². The quantitative estimate of drug-likeness (QED) is 0.313. The number of carbonyl (C=O) groups is 2. The van der Waals surface area contributed by atoms with Gasteiger partial charge in [-0.3, -0.25) is 19.1 Å². The van der Waals surface area contributed by atoms with Crippen LogP contribution >= 0.6 is 11.6 Å². The summed E-state index contributed by atoms with van der Waals surface area (Å²) in [6.45, 7) is 8.69. The number of nitrogens with one attached hydrogen (secondary N) is 3. The van der Waals surface area contributed by atoms with Crippen LogP contribution in [0.1, 0.15) is 56.1 Å². The molecule has 0 saturated heterocycles. The van der Waals surface area contributed by atoms with Crippen molar-refractivity contribution in [3.8, 4) is 11.6 Å². The van der Waals surface area contributed by atoms with E-state index in [0.717, 1.165) is 5.69 Å². The Labute approximate surface area is 233 Å². The summed E-state index contributed by atoms with van der Waals surface area (Å²) in [6, 6.07) is 10.8. The second kappa shape index (κ2) is 12.9. The maximum atomic E-state index is 13.5. The van der Waals surface area contributed by atoms with Crippen LogP contribution in [0, 0.1) is 5.41 Å². The Kier molecular flexibility index (Phi) is 9.93. The molecular formula is C28H37ClN6O4. The zero-order valence-corrected chi connectivity index (χ0v) is 24.1. The minimum Gasteiger partial charge on any atom is -0.477 e. The number of benzene rings is 1. The van der Waals surface area contributed by atoms with Crippen molar-refractivity contribution in [3.05, 3.63) is 69.2 Å². The van der Waals surface area contributed by atoms with Gasteiger partial charge in [-0.1, -0.05) is 50.6 Å². The number of pyridine rings is 1. The van der Waals surface area contributed by atoms with Crippen molar-refractivity contribution in [1.29, 1.82) is 0 Å². The molecule has 2 amide bonds. The molecule has 0 aliphatic rings. The van der Waals surface area contributed by atoms with Crippen LogP contribution < -0.4 is 26.2 Å². The van der Waals surface area contributed by atoms with Crippen LogP contribution in [0.2, 0.25) is 5.02 Å². The molecule has 0 spiro atoms. The predicted octanol–water partition coefficient (Wildman–Crippen LogP) is 3.73. The summed E-state index contributed by atoms with van der Waals surface area (Å²) in [7, 11) is 3.65. The molecule has 2 heterocycles. The second-order valence-electron chi connectivity index (χ2n) is 10.2. The standard InChI is InChI=1S/C28H37ClN6O4/c1-7-39-26-21(13-19(29)16-31-26)25(37)32-17-28(3,4)14-22(36)33-23-24(18(2)15-30-5)34(6)35(27(23)38)20-11-9-8-10-12-20/h8-13,16,18,30H,7,14-15,17H2,1-6H3,(H,32,37)(H,33,36). The van der Waals surface area contributed by atoms with Crippen LogP contribution in [0.15, 0.2) is 47.4 Å². The van der Waals surface area contributed by atoms with Gasteiger partial charge in [0.1, 0.15) is 11.3 Å². The largest absolute Gasteiger partial charge is 0.477 e. The third-order valence-electron chi connectivity index (χ3n) is 6.26. The molecule has 3 N–H and O–H groups in total. The first-order valence-corrected chi connectivity index (χ1v) is 13.2. The van der Waals surface area contributed by atoms with Gasteiger partial charge in [0.25, 0.3) is 11.5 Å². The molecule has 3 aromatic rings. The molecule has 0 aliphatic carbocycles. The third-order valence-corrected chi connectivity index (χ3v) is 6.47. The molecule has 39 heavy (non-hydrogen) atoms. The lowest BCUT2D eigenvalue weighted by Gasteiger charge is -2.24. The molecule has 1 aromatic carbocycles. The average molecular weight is 557 g/mol. The molecule has 0 radical (unpaired) electrons. The van der Waals surface area contributed by atoms with E-state index in [9.17, 15) is 14.4 Å². The number of amides is 2. The van der Waals surface area contributed by atoms with Gasteiger partial charge in [0.2, 0.25) is 11.8 Å². The Morgan fingerprint density at radius 1 is 1.21 bits per heavy atom. The van der Waals surface area contributed by atoms with Crippen LogP contribution in [0.3, 0.4) is 0 Å². The molecule has 0 saturated carbocycles. The van der Waals surface area contributed by atoms with E-state index in [1.165, 1.54) is 12.3 Å². The number of anilines is 1. The molecule has 0 aliphatic heterocycles. The van der Waals surface area contributed by atoms with Gasteiger partial charge in [0, 0.05) is 38.7 Å². The topological polar surface area (TPSA) is 119 Å². The summed E-state index contributed by atoms with van der Waals surface area (Å²) in [5, 5.41) is 9.18. The highest BCUT2D eigenvalue weighted by molar-refractivity contribution is 6.30. The van der Waals surface area contributed by atoms with E-state index in [1.807, 2.05) is 65.2 Å². The monoisotopic (exact) mass is 556 g/mol. The number of carbonyl (C=O) groups excluding carboxylic acids is 2. The van der Waals surface area contributed by atoms with Crippen LogP contribution in [0.5, 0.6) is 5.88 Å². The smallest absolute Gasteiger partial charge is 0.295 e. The number of likely N-dealkylation sites (N-methyl/N-ethyl adjacent to an activating group) is 1. The lowest BCUT2D eigenvalue weighted by Crippen LogP contribution is -2.37. The molecule has 210 valence electrons. The first kappa shape index (κ1) is 29.9. The Bertz CT molecular complexity index is 1370. The van der Waals surface area contributed by atoms with Crippen molar-refractivity contribution in [2.24, 2.45) is 12.5 Å². The van der Waals surface area contributed by atoms with Crippen molar-refractivity contribution >= 4 is 29.1 Å².